The van der Waals surface area contributed by atoms with Crippen LogP contribution >= 0.6 is 15.9 Å². The van der Waals surface area contributed by atoms with Crippen LogP contribution in [0.25, 0.3) is 0 Å². The lowest BCUT2D eigenvalue weighted by Gasteiger charge is -2.11. The Hall–Kier alpha value is -2.21. The van der Waals surface area contributed by atoms with Crippen molar-refractivity contribution < 1.29 is 14.7 Å². The number of methoxy groups -OCH3 is 1. The van der Waals surface area contributed by atoms with Crippen molar-refractivity contribution in [2.45, 2.75) is 0 Å². The van der Waals surface area contributed by atoms with Gasteiger partial charge in [0.05, 0.1) is 7.11 Å². The predicted molar refractivity (Wildman–Crippen MR) is 79.7 cm³/mol. The standard InChI is InChI=1S/C14H13BrN2O3/c1-19-12-4-2-3-5-13(12)20-9-6-7-10(11(15)8-9)14(16)17-18/h2-8,18H,1H3,(H2,16,17). The molecule has 0 atom stereocenters. The summed E-state index contributed by atoms with van der Waals surface area (Å²) in [4.78, 5) is 0. The van der Waals surface area contributed by atoms with Crippen LogP contribution < -0.4 is 15.2 Å². The van der Waals surface area contributed by atoms with Crippen LogP contribution in [0.5, 0.6) is 17.2 Å². The number of hydrogen-bond acceptors (Lipinski definition) is 4. The van der Waals surface area contributed by atoms with E-state index in [1.807, 2.05) is 24.3 Å². The molecule has 0 spiro atoms. The zero-order valence-electron chi connectivity index (χ0n) is 10.7. The maximum absolute atomic E-state index is 8.68. The Kier molecular flexibility index (Phi) is 4.47. The minimum Gasteiger partial charge on any atom is -0.493 e. The Balaban J connectivity index is 2.29. The fourth-order valence-electron chi connectivity index (χ4n) is 1.65. The number of halogens is 1. The van der Waals surface area contributed by atoms with Gasteiger partial charge in [0.2, 0.25) is 0 Å². The number of para-hydroxylation sites is 2. The summed E-state index contributed by atoms with van der Waals surface area (Å²) in [5.74, 6) is 1.89. The van der Waals surface area contributed by atoms with E-state index in [1.165, 1.54) is 0 Å². The molecular weight excluding hydrogens is 324 g/mol. The molecule has 0 aliphatic heterocycles. The van der Waals surface area contributed by atoms with E-state index in [2.05, 4.69) is 21.1 Å². The Morgan fingerprint density at radius 1 is 1.20 bits per heavy atom. The second-order valence-corrected chi connectivity index (χ2v) is 4.73. The Morgan fingerprint density at radius 2 is 1.90 bits per heavy atom. The molecule has 6 heteroatoms. The van der Waals surface area contributed by atoms with Gasteiger partial charge in [-0.05, 0) is 46.3 Å². The van der Waals surface area contributed by atoms with Crippen molar-refractivity contribution in [3.63, 3.8) is 0 Å². The molecule has 2 rings (SSSR count). The summed E-state index contributed by atoms with van der Waals surface area (Å²) in [5, 5.41) is 11.6. The number of nitrogens with zero attached hydrogens (tertiary/aromatic N) is 1. The van der Waals surface area contributed by atoms with Crippen LogP contribution in [0.2, 0.25) is 0 Å². The van der Waals surface area contributed by atoms with E-state index in [-0.39, 0.29) is 5.84 Å². The third kappa shape index (κ3) is 3.03. The zero-order chi connectivity index (χ0) is 14.5. The van der Waals surface area contributed by atoms with Crippen molar-refractivity contribution in [2.75, 3.05) is 7.11 Å². The van der Waals surface area contributed by atoms with E-state index >= 15 is 0 Å². The molecule has 2 aromatic carbocycles. The maximum atomic E-state index is 8.68. The van der Waals surface area contributed by atoms with E-state index in [4.69, 9.17) is 20.4 Å². The molecule has 0 aliphatic carbocycles. The molecule has 0 amide bonds. The van der Waals surface area contributed by atoms with Crippen molar-refractivity contribution in [1.29, 1.82) is 0 Å². The van der Waals surface area contributed by atoms with E-state index in [1.54, 1.807) is 25.3 Å². The van der Waals surface area contributed by atoms with Gasteiger partial charge in [-0.25, -0.2) is 0 Å². The van der Waals surface area contributed by atoms with Crippen molar-refractivity contribution >= 4 is 21.8 Å². The highest BCUT2D eigenvalue weighted by atomic mass is 79.9. The molecule has 5 nitrogen and oxygen atoms in total. The van der Waals surface area contributed by atoms with Crippen LogP contribution in [-0.4, -0.2) is 18.2 Å². The van der Waals surface area contributed by atoms with Gasteiger partial charge in [-0.2, -0.15) is 0 Å². The second-order valence-electron chi connectivity index (χ2n) is 3.88. The minimum atomic E-state index is 0.0284. The summed E-state index contributed by atoms with van der Waals surface area (Å²) in [6.07, 6.45) is 0. The Morgan fingerprint density at radius 3 is 2.50 bits per heavy atom. The van der Waals surface area contributed by atoms with Gasteiger partial charge < -0.3 is 20.4 Å². The van der Waals surface area contributed by atoms with Gasteiger partial charge in [0.15, 0.2) is 17.3 Å². The molecule has 0 bridgehead atoms. The molecule has 0 saturated heterocycles. The van der Waals surface area contributed by atoms with Crippen LogP contribution in [0.3, 0.4) is 0 Å². The first-order valence-electron chi connectivity index (χ1n) is 5.74. The van der Waals surface area contributed by atoms with Gasteiger partial charge in [-0.3, -0.25) is 0 Å². The molecule has 3 N–H and O–H groups in total. The topological polar surface area (TPSA) is 77.1 Å². The second kappa shape index (κ2) is 6.29. The number of rotatable bonds is 4. The summed E-state index contributed by atoms with van der Waals surface area (Å²) in [5.41, 5.74) is 6.14. The van der Waals surface area contributed by atoms with Gasteiger partial charge in [-0.15, -0.1) is 0 Å². The zero-order valence-corrected chi connectivity index (χ0v) is 12.3. The molecule has 20 heavy (non-hydrogen) atoms. The van der Waals surface area contributed by atoms with Gasteiger partial charge in [-0.1, -0.05) is 17.3 Å². The van der Waals surface area contributed by atoms with Crippen molar-refractivity contribution in [3.05, 3.63) is 52.5 Å². The summed E-state index contributed by atoms with van der Waals surface area (Å²) >= 11 is 3.35. The van der Waals surface area contributed by atoms with Crippen molar-refractivity contribution in [2.24, 2.45) is 10.9 Å². The first kappa shape index (κ1) is 14.2. The first-order chi connectivity index (χ1) is 9.65. The van der Waals surface area contributed by atoms with E-state index in [0.717, 1.165) is 0 Å². The van der Waals surface area contributed by atoms with Gasteiger partial charge in [0, 0.05) is 10.0 Å². The Bertz CT molecular complexity index is 644. The molecule has 0 heterocycles. The monoisotopic (exact) mass is 336 g/mol. The highest BCUT2D eigenvalue weighted by molar-refractivity contribution is 9.10. The van der Waals surface area contributed by atoms with Crippen LogP contribution in [0.1, 0.15) is 5.56 Å². The number of amidine groups is 1. The largest absolute Gasteiger partial charge is 0.493 e. The summed E-state index contributed by atoms with van der Waals surface area (Å²) < 4.78 is 11.6. The lowest BCUT2D eigenvalue weighted by Crippen LogP contribution is -2.13. The van der Waals surface area contributed by atoms with Gasteiger partial charge >= 0.3 is 0 Å². The van der Waals surface area contributed by atoms with Crippen LogP contribution in [0.4, 0.5) is 0 Å². The molecule has 0 fully saturated rings. The highest BCUT2D eigenvalue weighted by Crippen LogP contribution is 2.32. The highest BCUT2D eigenvalue weighted by Gasteiger charge is 2.09. The lowest BCUT2D eigenvalue weighted by atomic mass is 10.2. The van der Waals surface area contributed by atoms with E-state index < -0.39 is 0 Å². The third-order valence-electron chi connectivity index (χ3n) is 2.62. The van der Waals surface area contributed by atoms with Crippen LogP contribution in [0.15, 0.2) is 52.1 Å². The molecule has 2 aromatic rings. The molecule has 0 aromatic heterocycles. The minimum absolute atomic E-state index is 0.0284. The molecule has 0 unspecified atom stereocenters. The summed E-state index contributed by atoms with van der Waals surface area (Å²) in [6.45, 7) is 0. The number of nitrogens with two attached hydrogens (primary N) is 1. The smallest absolute Gasteiger partial charge is 0.171 e. The van der Waals surface area contributed by atoms with Crippen LogP contribution in [-0.2, 0) is 0 Å². The van der Waals surface area contributed by atoms with Crippen molar-refractivity contribution in [3.8, 4) is 17.2 Å². The van der Waals surface area contributed by atoms with E-state index in [0.29, 0.717) is 27.3 Å². The number of benzene rings is 2. The summed E-state index contributed by atoms with van der Waals surface area (Å²) in [7, 11) is 1.58. The average Bonchev–Trinajstić information content (AvgIpc) is 2.47. The van der Waals surface area contributed by atoms with Crippen LogP contribution in [0, 0.1) is 0 Å². The normalized spacial score (nSPS) is 11.2. The fourth-order valence-corrected chi connectivity index (χ4v) is 2.21. The van der Waals surface area contributed by atoms with E-state index in [9.17, 15) is 0 Å². The average molecular weight is 337 g/mol. The number of hydrogen-bond donors (Lipinski definition) is 2. The first-order valence-corrected chi connectivity index (χ1v) is 6.53. The molecule has 104 valence electrons. The Labute approximate surface area is 124 Å². The number of oxime groups is 1. The predicted octanol–water partition coefficient (Wildman–Crippen LogP) is 3.34. The molecule has 0 aliphatic rings. The maximum Gasteiger partial charge on any atom is 0.171 e. The van der Waals surface area contributed by atoms with Gasteiger partial charge in [0.25, 0.3) is 0 Å². The van der Waals surface area contributed by atoms with Crippen molar-refractivity contribution in [1.82, 2.24) is 0 Å². The quantitative estimate of drug-likeness (QED) is 0.388. The third-order valence-corrected chi connectivity index (χ3v) is 3.28. The molecule has 0 radical (unpaired) electrons. The molecule has 0 saturated carbocycles. The SMILES string of the molecule is COc1ccccc1Oc1ccc(/C(N)=N/O)c(Br)c1. The lowest BCUT2D eigenvalue weighted by molar-refractivity contribution is 0.318. The fraction of sp³-hybridized carbons (Fsp3) is 0.0714. The van der Waals surface area contributed by atoms with Gasteiger partial charge in [0.1, 0.15) is 5.75 Å². The molecular formula is C14H13BrN2O3. The summed E-state index contributed by atoms with van der Waals surface area (Å²) in [6, 6.07) is 12.5. The number of ether oxygens (including phenoxy) is 2.